The van der Waals surface area contributed by atoms with Gasteiger partial charge in [-0.15, -0.1) is 11.8 Å². The van der Waals surface area contributed by atoms with Gasteiger partial charge in [0.25, 0.3) is 0 Å². The average molecular weight is 258 g/mol. The largest absolute Gasteiger partial charge is 0.478 e. The SMILES string of the molecule is CC(=CCSc1ccc(N)cc1Cl)C(=O)O. The molecule has 0 aliphatic carbocycles. The van der Waals surface area contributed by atoms with Crippen molar-refractivity contribution in [3.8, 4) is 0 Å². The Morgan fingerprint density at radius 1 is 1.62 bits per heavy atom. The standard InChI is InChI=1S/C11H12ClNO2S/c1-7(11(14)15)4-5-16-10-3-2-8(13)6-9(10)12/h2-4,6H,5,13H2,1H3,(H,14,15). The van der Waals surface area contributed by atoms with E-state index in [0.29, 0.717) is 22.0 Å². The number of thioether (sulfide) groups is 1. The molecule has 86 valence electrons. The molecule has 0 radical (unpaired) electrons. The van der Waals surface area contributed by atoms with E-state index in [4.69, 9.17) is 22.4 Å². The molecule has 1 rings (SSSR count). The lowest BCUT2D eigenvalue weighted by atomic mass is 10.3. The molecule has 0 heterocycles. The highest BCUT2D eigenvalue weighted by molar-refractivity contribution is 7.99. The highest BCUT2D eigenvalue weighted by Crippen LogP contribution is 2.28. The summed E-state index contributed by atoms with van der Waals surface area (Å²) in [5.74, 6) is -0.328. The van der Waals surface area contributed by atoms with Gasteiger partial charge in [-0.25, -0.2) is 4.79 Å². The van der Waals surface area contributed by atoms with E-state index in [1.54, 1.807) is 25.1 Å². The monoisotopic (exact) mass is 257 g/mol. The molecule has 1 aromatic carbocycles. The van der Waals surface area contributed by atoms with Gasteiger partial charge in [-0.1, -0.05) is 17.7 Å². The molecule has 3 nitrogen and oxygen atoms in total. The second-order valence-electron chi connectivity index (χ2n) is 3.19. The number of benzene rings is 1. The first-order valence-electron chi connectivity index (χ1n) is 4.58. The first-order chi connectivity index (χ1) is 7.50. The number of nitrogens with two attached hydrogens (primary N) is 1. The number of hydrogen-bond acceptors (Lipinski definition) is 3. The van der Waals surface area contributed by atoms with Crippen LogP contribution in [0.2, 0.25) is 5.02 Å². The fourth-order valence-electron chi connectivity index (χ4n) is 0.978. The molecule has 0 spiro atoms. The van der Waals surface area contributed by atoms with Crippen LogP contribution in [0.25, 0.3) is 0 Å². The zero-order valence-corrected chi connectivity index (χ0v) is 10.3. The van der Waals surface area contributed by atoms with Gasteiger partial charge in [0.15, 0.2) is 0 Å². The lowest BCUT2D eigenvalue weighted by molar-refractivity contribution is -0.132. The van der Waals surface area contributed by atoms with Crippen LogP contribution in [0.4, 0.5) is 5.69 Å². The minimum atomic E-state index is -0.899. The lowest BCUT2D eigenvalue weighted by Gasteiger charge is -2.03. The Bertz CT molecular complexity index is 432. The first-order valence-corrected chi connectivity index (χ1v) is 5.95. The van der Waals surface area contributed by atoms with Crippen LogP contribution in [0, 0.1) is 0 Å². The molecule has 0 saturated carbocycles. The molecule has 0 aliphatic rings. The molecule has 0 aromatic heterocycles. The minimum absolute atomic E-state index is 0.332. The molecule has 16 heavy (non-hydrogen) atoms. The van der Waals surface area contributed by atoms with Gasteiger partial charge in [-0.05, 0) is 25.1 Å². The van der Waals surface area contributed by atoms with Crippen molar-refractivity contribution < 1.29 is 9.90 Å². The van der Waals surface area contributed by atoms with Gasteiger partial charge in [0.2, 0.25) is 0 Å². The van der Waals surface area contributed by atoms with Gasteiger partial charge in [0.05, 0.1) is 5.02 Å². The summed E-state index contributed by atoms with van der Waals surface area (Å²) in [5, 5.41) is 9.24. The van der Waals surface area contributed by atoms with E-state index in [2.05, 4.69) is 0 Å². The highest BCUT2D eigenvalue weighted by Gasteiger charge is 2.02. The fourth-order valence-corrected chi connectivity index (χ4v) is 2.20. The summed E-state index contributed by atoms with van der Waals surface area (Å²) in [4.78, 5) is 11.4. The van der Waals surface area contributed by atoms with Crippen molar-refractivity contribution in [2.75, 3.05) is 11.5 Å². The van der Waals surface area contributed by atoms with Gasteiger partial charge < -0.3 is 10.8 Å². The van der Waals surface area contributed by atoms with E-state index in [-0.39, 0.29) is 0 Å². The minimum Gasteiger partial charge on any atom is -0.478 e. The molecule has 0 fully saturated rings. The number of halogens is 1. The summed E-state index contributed by atoms with van der Waals surface area (Å²) in [6.07, 6.45) is 1.65. The Balaban J connectivity index is 2.62. The summed E-state index contributed by atoms with van der Waals surface area (Å²) in [6.45, 7) is 1.56. The second kappa shape index (κ2) is 5.82. The molecular weight excluding hydrogens is 246 g/mol. The Labute approximate surface area is 103 Å². The molecule has 3 N–H and O–H groups in total. The second-order valence-corrected chi connectivity index (χ2v) is 4.66. The molecule has 5 heteroatoms. The number of nitrogen functional groups attached to an aromatic ring is 1. The maximum atomic E-state index is 10.5. The van der Waals surface area contributed by atoms with Gasteiger partial charge in [0.1, 0.15) is 0 Å². The van der Waals surface area contributed by atoms with Crippen molar-refractivity contribution >= 4 is 35.0 Å². The van der Waals surface area contributed by atoms with Crippen molar-refractivity contribution in [2.24, 2.45) is 0 Å². The molecule has 0 unspecified atom stereocenters. The summed E-state index contributed by atoms with van der Waals surface area (Å²) < 4.78 is 0. The third kappa shape index (κ3) is 3.79. The molecule has 0 aliphatic heterocycles. The van der Waals surface area contributed by atoms with Crippen LogP contribution in [0.5, 0.6) is 0 Å². The normalized spacial score (nSPS) is 11.5. The summed E-state index contributed by atoms with van der Waals surface area (Å²) in [7, 11) is 0. The van der Waals surface area contributed by atoms with Crippen LogP contribution in [0.3, 0.4) is 0 Å². The van der Waals surface area contributed by atoms with Crippen molar-refractivity contribution in [3.63, 3.8) is 0 Å². The summed E-state index contributed by atoms with van der Waals surface area (Å²) >= 11 is 7.44. The number of carbonyl (C=O) groups is 1. The van der Waals surface area contributed by atoms with Crippen LogP contribution in [-0.2, 0) is 4.79 Å². The lowest BCUT2D eigenvalue weighted by Crippen LogP contribution is -1.96. The summed E-state index contributed by atoms with van der Waals surface area (Å²) in [5.41, 5.74) is 6.51. The smallest absolute Gasteiger partial charge is 0.330 e. The first kappa shape index (κ1) is 12.9. The topological polar surface area (TPSA) is 63.3 Å². The van der Waals surface area contributed by atoms with E-state index in [1.165, 1.54) is 11.8 Å². The number of hydrogen-bond donors (Lipinski definition) is 2. The van der Waals surface area contributed by atoms with Crippen LogP contribution >= 0.6 is 23.4 Å². The molecule has 0 bridgehead atoms. The van der Waals surface area contributed by atoms with Crippen LogP contribution in [-0.4, -0.2) is 16.8 Å². The summed E-state index contributed by atoms with van der Waals surface area (Å²) in [6, 6.07) is 5.27. The van der Waals surface area contributed by atoms with E-state index in [9.17, 15) is 4.79 Å². The quantitative estimate of drug-likeness (QED) is 0.494. The van der Waals surface area contributed by atoms with Crippen molar-refractivity contribution in [3.05, 3.63) is 34.9 Å². The Kier molecular flexibility index (Phi) is 4.71. The van der Waals surface area contributed by atoms with Crippen LogP contribution < -0.4 is 5.73 Å². The Morgan fingerprint density at radius 3 is 2.88 bits per heavy atom. The number of carboxylic acids is 1. The zero-order valence-electron chi connectivity index (χ0n) is 8.74. The number of aliphatic carboxylic acids is 1. The predicted octanol–water partition coefficient (Wildman–Crippen LogP) is 3.05. The molecule has 0 saturated heterocycles. The van der Waals surface area contributed by atoms with Gasteiger partial charge in [0, 0.05) is 21.9 Å². The molecular formula is C11H12ClNO2S. The number of anilines is 1. The van der Waals surface area contributed by atoms with Crippen LogP contribution in [0.15, 0.2) is 34.7 Å². The average Bonchev–Trinajstić information content (AvgIpc) is 2.20. The highest BCUT2D eigenvalue weighted by atomic mass is 35.5. The van der Waals surface area contributed by atoms with E-state index in [0.717, 1.165) is 4.90 Å². The van der Waals surface area contributed by atoms with Gasteiger partial charge >= 0.3 is 5.97 Å². The van der Waals surface area contributed by atoms with Crippen LogP contribution in [0.1, 0.15) is 6.92 Å². The predicted molar refractivity (Wildman–Crippen MR) is 68.0 cm³/mol. The Morgan fingerprint density at radius 2 is 2.31 bits per heavy atom. The van der Waals surface area contributed by atoms with E-state index >= 15 is 0 Å². The third-order valence-electron chi connectivity index (χ3n) is 1.92. The molecule has 0 atom stereocenters. The van der Waals surface area contributed by atoms with Crippen molar-refractivity contribution in [2.45, 2.75) is 11.8 Å². The molecule has 0 amide bonds. The maximum Gasteiger partial charge on any atom is 0.330 e. The van der Waals surface area contributed by atoms with E-state index < -0.39 is 5.97 Å². The maximum absolute atomic E-state index is 10.5. The third-order valence-corrected chi connectivity index (χ3v) is 3.35. The van der Waals surface area contributed by atoms with Crippen molar-refractivity contribution in [1.29, 1.82) is 0 Å². The van der Waals surface area contributed by atoms with Gasteiger partial charge in [-0.3, -0.25) is 0 Å². The number of carboxylic acid groups (broad SMARTS) is 1. The van der Waals surface area contributed by atoms with Crippen molar-refractivity contribution in [1.82, 2.24) is 0 Å². The Hall–Kier alpha value is -1.13. The number of rotatable bonds is 4. The van der Waals surface area contributed by atoms with Gasteiger partial charge in [-0.2, -0.15) is 0 Å². The molecule has 1 aromatic rings. The van der Waals surface area contributed by atoms with E-state index in [1.807, 2.05) is 6.07 Å². The fraction of sp³-hybridized carbons (Fsp3) is 0.182. The zero-order chi connectivity index (χ0) is 12.1.